The standard InChI is InChI=1S/C17H24FN3O4S/c1-12-3-4-13(11-14(12)18)15(22)20-9-10-21-16(23)17(26(2,24)25)5-7-19-8-6-17/h3-4,11,19H,5-10H2,1-2H3,(H,20,22)(H,21,23). The SMILES string of the molecule is Cc1ccc(C(=O)NCCNC(=O)C2(S(C)(=O)=O)CCNCC2)cc1F. The first-order chi connectivity index (χ1) is 12.2. The smallest absolute Gasteiger partial charge is 0.251 e. The zero-order valence-corrected chi connectivity index (χ0v) is 15.7. The van der Waals surface area contributed by atoms with Gasteiger partial charge in [-0.3, -0.25) is 9.59 Å². The maximum absolute atomic E-state index is 13.5. The quantitative estimate of drug-likeness (QED) is 0.605. The molecule has 1 fully saturated rings. The topological polar surface area (TPSA) is 104 Å². The van der Waals surface area contributed by atoms with E-state index >= 15 is 0 Å². The van der Waals surface area contributed by atoms with Crippen molar-refractivity contribution in [2.24, 2.45) is 0 Å². The molecule has 1 aliphatic rings. The normalized spacial score (nSPS) is 16.7. The highest BCUT2D eigenvalue weighted by atomic mass is 32.2. The second kappa shape index (κ2) is 8.13. The van der Waals surface area contributed by atoms with E-state index in [1.165, 1.54) is 12.1 Å². The summed E-state index contributed by atoms with van der Waals surface area (Å²) in [6.07, 6.45) is 1.50. The molecule has 1 aromatic carbocycles. The number of halogens is 1. The number of piperidine rings is 1. The third-order valence-electron chi connectivity index (χ3n) is 4.66. The first-order valence-electron chi connectivity index (χ1n) is 8.40. The van der Waals surface area contributed by atoms with E-state index in [0.717, 1.165) is 12.3 Å². The molecule has 1 aromatic rings. The summed E-state index contributed by atoms with van der Waals surface area (Å²) in [6, 6.07) is 4.18. The Morgan fingerprint density at radius 2 is 1.81 bits per heavy atom. The minimum Gasteiger partial charge on any atom is -0.353 e. The van der Waals surface area contributed by atoms with E-state index in [4.69, 9.17) is 0 Å². The van der Waals surface area contributed by atoms with Crippen molar-refractivity contribution in [3.63, 3.8) is 0 Å². The first-order valence-corrected chi connectivity index (χ1v) is 10.3. The maximum atomic E-state index is 13.5. The third kappa shape index (κ3) is 4.39. The summed E-state index contributed by atoms with van der Waals surface area (Å²) in [7, 11) is -3.57. The van der Waals surface area contributed by atoms with Crippen molar-refractivity contribution in [3.05, 3.63) is 35.1 Å². The monoisotopic (exact) mass is 385 g/mol. The fourth-order valence-corrected chi connectivity index (χ4v) is 4.30. The van der Waals surface area contributed by atoms with Crippen LogP contribution in [-0.2, 0) is 14.6 Å². The van der Waals surface area contributed by atoms with Gasteiger partial charge in [-0.1, -0.05) is 6.07 Å². The molecular weight excluding hydrogens is 361 g/mol. The predicted octanol–water partition coefficient (Wildman–Crippen LogP) is 0.147. The lowest BCUT2D eigenvalue weighted by Gasteiger charge is -2.34. The van der Waals surface area contributed by atoms with Crippen molar-refractivity contribution in [2.45, 2.75) is 24.5 Å². The fourth-order valence-electron chi connectivity index (χ4n) is 2.95. The van der Waals surface area contributed by atoms with Crippen molar-refractivity contribution in [1.29, 1.82) is 0 Å². The average molecular weight is 385 g/mol. The summed E-state index contributed by atoms with van der Waals surface area (Å²) in [5.74, 6) is -1.47. The average Bonchev–Trinajstić information content (AvgIpc) is 2.60. The molecule has 7 nitrogen and oxygen atoms in total. The van der Waals surface area contributed by atoms with Crippen LogP contribution in [0.15, 0.2) is 18.2 Å². The molecule has 0 aromatic heterocycles. The van der Waals surface area contributed by atoms with E-state index in [1.54, 1.807) is 6.92 Å². The van der Waals surface area contributed by atoms with Gasteiger partial charge in [-0.25, -0.2) is 12.8 Å². The lowest BCUT2D eigenvalue weighted by atomic mass is 9.96. The number of amides is 2. The van der Waals surface area contributed by atoms with Crippen molar-refractivity contribution >= 4 is 21.7 Å². The largest absolute Gasteiger partial charge is 0.353 e. The number of benzene rings is 1. The second-order valence-corrected chi connectivity index (χ2v) is 8.82. The highest BCUT2D eigenvalue weighted by molar-refractivity contribution is 7.92. The number of carbonyl (C=O) groups is 2. The first kappa shape index (κ1) is 20.3. The van der Waals surface area contributed by atoms with Gasteiger partial charge in [0.1, 0.15) is 5.82 Å². The van der Waals surface area contributed by atoms with Crippen LogP contribution in [0, 0.1) is 12.7 Å². The van der Waals surface area contributed by atoms with E-state index in [0.29, 0.717) is 18.7 Å². The molecule has 26 heavy (non-hydrogen) atoms. The molecule has 0 aliphatic carbocycles. The molecular formula is C17H24FN3O4S. The highest BCUT2D eigenvalue weighted by Crippen LogP contribution is 2.27. The summed E-state index contributed by atoms with van der Waals surface area (Å²) >= 11 is 0. The Morgan fingerprint density at radius 1 is 1.19 bits per heavy atom. The summed E-state index contributed by atoms with van der Waals surface area (Å²) in [4.78, 5) is 24.5. The van der Waals surface area contributed by atoms with Gasteiger partial charge in [0.25, 0.3) is 5.91 Å². The fraction of sp³-hybridized carbons (Fsp3) is 0.529. The maximum Gasteiger partial charge on any atom is 0.251 e. The van der Waals surface area contributed by atoms with Crippen molar-refractivity contribution in [1.82, 2.24) is 16.0 Å². The molecule has 0 unspecified atom stereocenters. The third-order valence-corrected chi connectivity index (χ3v) is 6.68. The molecule has 3 N–H and O–H groups in total. The molecule has 1 heterocycles. The summed E-state index contributed by atoms with van der Waals surface area (Å²) in [5.41, 5.74) is 0.632. The molecule has 0 radical (unpaired) electrons. The van der Waals surface area contributed by atoms with E-state index < -0.39 is 32.2 Å². The van der Waals surface area contributed by atoms with Crippen LogP contribution in [0.3, 0.4) is 0 Å². The van der Waals surface area contributed by atoms with Crippen LogP contribution >= 0.6 is 0 Å². The second-order valence-electron chi connectivity index (χ2n) is 6.49. The Labute approximate surface area is 152 Å². The van der Waals surface area contributed by atoms with E-state index in [2.05, 4.69) is 16.0 Å². The van der Waals surface area contributed by atoms with Gasteiger partial charge >= 0.3 is 0 Å². The van der Waals surface area contributed by atoms with E-state index in [-0.39, 0.29) is 31.5 Å². The van der Waals surface area contributed by atoms with Gasteiger partial charge < -0.3 is 16.0 Å². The molecule has 0 spiro atoms. The van der Waals surface area contributed by atoms with Gasteiger partial charge in [-0.2, -0.15) is 0 Å². The number of carbonyl (C=O) groups excluding carboxylic acids is 2. The van der Waals surface area contributed by atoms with Gasteiger partial charge in [0.05, 0.1) is 0 Å². The van der Waals surface area contributed by atoms with Crippen LogP contribution in [0.2, 0.25) is 0 Å². The minimum absolute atomic E-state index is 0.0869. The number of hydrogen-bond donors (Lipinski definition) is 3. The molecule has 1 saturated heterocycles. The minimum atomic E-state index is -3.57. The highest BCUT2D eigenvalue weighted by Gasteiger charge is 2.48. The number of nitrogens with one attached hydrogen (secondary N) is 3. The lowest BCUT2D eigenvalue weighted by molar-refractivity contribution is -0.124. The van der Waals surface area contributed by atoms with E-state index in [9.17, 15) is 22.4 Å². The molecule has 0 saturated carbocycles. The van der Waals surface area contributed by atoms with Crippen molar-refractivity contribution in [3.8, 4) is 0 Å². The zero-order chi connectivity index (χ0) is 19.4. The molecule has 0 bridgehead atoms. The lowest BCUT2D eigenvalue weighted by Crippen LogP contribution is -2.57. The number of sulfone groups is 1. The number of rotatable bonds is 6. The molecule has 1 aliphatic heterocycles. The molecule has 9 heteroatoms. The molecule has 144 valence electrons. The zero-order valence-electron chi connectivity index (χ0n) is 14.9. The van der Waals surface area contributed by atoms with Crippen LogP contribution < -0.4 is 16.0 Å². The molecule has 0 atom stereocenters. The van der Waals surface area contributed by atoms with E-state index in [1.807, 2.05) is 0 Å². The Hall–Kier alpha value is -2.00. The van der Waals surface area contributed by atoms with Gasteiger partial charge in [0.15, 0.2) is 14.6 Å². The Bertz CT molecular complexity index is 789. The summed E-state index contributed by atoms with van der Waals surface area (Å²) in [6.45, 7) is 2.71. The summed E-state index contributed by atoms with van der Waals surface area (Å²) in [5, 5.41) is 8.21. The Morgan fingerprint density at radius 3 is 2.38 bits per heavy atom. The van der Waals surface area contributed by atoms with Crippen LogP contribution in [0.1, 0.15) is 28.8 Å². The van der Waals surface area contributed by atoms with Crippen LogP contribution in [0.25, 0.3) is 0 Å². The predicted molar refractivity (Wildman–Crippen MR) is 96.2 cm³/mol. The van der Waals surface area contributed by atoms with Crippen LogP contribution in [0.5, 0.6) is 0 Å². The molecule has 2 rings (SSSR count). The van der Waals surface area contributed by atoms with Gasteiger partial charge in [0.2, 0.25) is 5.91 Å². The Balaban J connectivity index is 1.89. The summed E-state index contributed by atoms with van der Waals surface area (Å²) < 4.78 is 36.3. The van der Waals surface area contributed by atoms with Crippen molar-refractivity contribution < 1.29 is 22.4 Å². The van der Waals surface area contributed by atoms with Gasteiger partial charge in [-0.15, -0.1) is 0 Å². The van der Waals surface area contributed by atoms with Crippen molar-refractivity contribution in [2.75, 3.05) is 32.4 Å². The number of aryl methyl sites for hydroxylation is 1. The Kier molecular flexibility index (Phi) is 6.35. The number of hydrogen-bond acceptors (Lipinski definition) is 5. The molecule has 2 amide bonds. The van der Waals surface area contributed by atoms with Gasteiger partial charge in [0, 0.05) is 24.9 Å². The van der Waals surface area contributed by atoms with Crippen LogP contribution in [-0.4, -0.2) is 57.4 Å². The van der Waals surface area contributed by atoms with Gasteiger partial charge in [-0.05, 0) is 50.6 Å². The van der Waals surface area contributed by atoms with Crippen LogP contribution in [0.4, 0.5) is 4.39 Å².